The Labute approximate surface area is 103 Å². The summed E-state index contributed by atoms with van der Waals surface area (Å²) in [5.41, 5.74) is -2.62. The molecule has 7 heteroatoms. The summed E-state index contributed by atoms with van der Waals surface area (Å²) in [6.07, 6.45) is 0. The lowest BCUT2D eigenvalue weighted by Gasteiger charge is -2.28. The van der Waals surface area contributed by atoms with Gasteiger partial charge in [-0.05, 0) is 25.7 Å². The van der Waals surface area contributed by atoms with Gasteiger partial charge in [-0.15, -0.1) is 0 Å². The Balaban J connectivity index is 2.72. The molecule has 1 aliphatic rings. The van der Waals surface area contributed by atoms with Crippen LogP contribution in [0.15, 0.2) is 0 Å². The molecule has 0 saturated carbocycles. The van der Waals surface area contributed by atoms with E-state index in [2.05, 4.69) is 20.8 Å². The van der Waals surface area contributed by atoms with Gasteiger partial charge in [0, 0.05) is 22.4 Å². The maximum Gasteiger partial charge on any atom is 0.244 e. The standard InChI is InChI=1S/C7H15O2PS4/c1-5-6(7(2,3)14-13-5)12-10(8,11)9-4/h5-6H,1-4H3,(H,8,11)/t5-,6+,10?/m0/s1. The van der Waals surface area contributed by atoms with Gasteiger partial charge < -0.3 is 9.42 Å². The molecule has 3 atom stereocenters. The maximum atomic E-state index is 9.78. The van der Waals surface area contributed by atoms with Crippen LogP contribution in [0.4, 0.5) is 0 Å². The van der Waals surface area contributed by atoms with Crippen molar-refractivity contribution in [2.75, 3.05) is 7.11 Å². The monoisotopic (exact) mass is 290 g/mol. The highest BCUT2D eigenvalue weighted by Crippen LogP contribution is 2.66. The molecule has 0 aromatic carbocycles. The molecule has 1 saturated heterocycles. The molecule has 1 fully saturated rings. The second-order valence-electron chi connectivity index (χ2n) is 3.67. The highest BCUT2D eigenvalue weighted by molar-refractivity contribution is 8.78. The van der Waals surface area contributed by atoms with Gasteiger partial charge in [-0.25, -0.2) is 0 Å². The molecule has 0 aliphatic carbocycles. The van der Waals surface area contributed by atoms with Crippen molar-refractivity contribution in [3.8, 4) is 0 Å². The lowest BCUT2D eigenvalue weighted by molar-refractivity contribution is 0.404. The molecule has 1 heterocycles. The molecular weight excluding hydrogens is 275 g/mol. The summed E-state index contributed by atoms with van der Waals surface area (Å²) in [5, 5.41) is 0.859. The Bertz CT molecular complexity index is 258. The first-order valence-electron chi connectivity index (χ1n) is 4.20. The molecule has 0 aromatic rings. The zero-order valence-corrected chi connectivity index (χ0v) is 12.8. The van der Waals surface area contributed by atoms with E-state index in [4.69, 9.17) is 16.3 Å². The van der Waals surface area contributed by atoms with E-state index >= 15 is 0 Å². The number of hydrogen-bond donors (Lipinski definition) is 1. The van der Waals surface area contributed by atoms with Crippen LogP contribution in [-0.2, 0) is 16.3 Å². The van der Waals surface area contributed by atoms with Gasteiger partial charge >= 0.3 is 0 Å². The molecule has 1 rings (SSSR count). The van der Waals surface area contributed by atoms with Crippen LogP contribution >= 0.6 is 38.7 Å². The quantitative estimate of drug-likeness (QED) is 0.632. The van der Waals surface area contributed by atoms with E-state index in [0.29, 0.717) is 10.5 Å². The van der Waals surface area contributed by atoms with Crippen LogP contribution < -0.4 is 0 Å². The Morgan fingerprint density at radius 2 is 2.14 bits per heavy atom. The Morgan fingerprint density at radius 3 is 2.50 bits per heavy atom. The van der Waals surface area contributed by atoms with Crippen LogP contribution in [0.25, 0.3) is 0 Å². The molecule has 0 spiro atoms. The van der Waals surface area contributed by atoms with E-state index in [1.54, 1.807) is 0 Å². The smallest absolute Gasteiger partial charge is 0.244 e. The third-order valence-corrected chi connectivity index (χ3v) is 11.3. The van der Waals surface area contributed by atoms with E-state index in [-0.39, 0.29) is 4.75 Å². The van der Waals surface area contributed by atoms with E-state index in [1.165, 1.54) is 18.5 Å². The first-order valence-corrected chi connectivity index (χ1v) is 10.6. The minimum atomic E-state index is -2.62. The predicted molar refractivity (Wildman–Crippen MR) is 73.6 cm³/mol. The second-order valence-corrected chi connectivity index (χ2v) is 13.2. The van der Waals surface area contributed by atoms with Crippen LogP contribution in [0.3, 0.4) is 0 Å². The maximum absolute atomic E-state index is 9.78. The first-order chi connectivity index (χ1) is 6.28. The highest BCUT2D eigenvalue weighted by atomic mass is 33.1. The van der Waals surface area contributed by atoms with Crippen LogP contribution in [-0.4, -0.2) is 27.3 Å². The second kappa shape index (κ2) is 4.86. The van der Waals surface area contributed by atoms with Crippen molar-refractivity contribution in [2.45, 2.75) is 36.0 Å². The van der Waals surface area contributed by atoms with E-state index in [0.717, 1.165) is 0 Å². The van der Waals surface area contributed by atoms with Gasteiger partial charge in [0.2, 0.25) is 5.69 Å². The lowest BCUT2D eigenvalue weighted by Crippen LogP contribution is -2.30. The fraction of sp³-hybridized carbons (Fsp3) is 1.00. The summed E-state index contributed by atoms with van der Waals surface area (Å²) in [6.45, 7) is 6.56. The van der Waals surface area contributed by atoms with Gasteiger partial charge in [-0.2, -0.15) is 0 Å². The largest absolute Gasteiger partial charge is 0.337 e. The third kappa shape index (κ3) is 3.30. The van der Waals surface area contributed by atoms with Crippen molar-refractivity contribution in [3.05, 3.63) is 0 Å². The molecule has 84 valence electrons. The average Bonchev–Trinajstić information content (AvgIpc) is 2.32. The van der Waals surface area contributed by atoms with Crippen molar-refractivity contribution in [1.82, 2.24) is 0 Å². The summed E-state index contributed by atoms with van der Waals surface area (Å²) in [6, 6.07) is 0. The van der Waals surface area contributed by atoms with Crippen molar-refractivity contribution in [3.63, 3.8) is 0 Å². The minimum Gasteiger partial charge on any atom is -0.337 e. The Morgan fingerprint density at radius 1 is 1.57 bits per heavy atom. The number of hydrogen-bond acceptors (Lipinski definition) is 5. The molecule has 1 unspecified atom stereocenters. The SMILES string of the molecule is COP(O)(=S)S[C@@H]1[C@H](C)SSC1(C)C. The van der Waals surface area contributed by atoms with Crippen molar-refractivity contribution in [2.24, 2.45) is 0 Å². The van der Waals surface area contributed by atoms with Crippen molar-refractivity contribution in [1.29, 1.82) is 0 Å². The molecule has 0 amide bonds. The lowest BCUT2D eigenvalue weighted by atomic mass is 10.1. The topological polar surface area (TPSA) is 29.5 Å². The fourth-order valence-corrected chi connectivity index (χ4v) is 9.90. The zero-order chi connectivity index (χ0) is 11.0. The Kier molecular flexibility index (Phi) is 4.75. The van der Waals surface area contributed by atoms with Crippen LogP contribution in [0.5, 0.6) is 0 Å². The molecule has 0 aromatic heterocycles. The van der Waals surface area contributed by atoms with Gasteiger partial charge in [-0.3, -0.25) is 0 Å². The molecule has 1 N–H and O–H groups in total. The predicted octanol–water partition coefficient (Wildman–Crippen LogP) is 3.51. The van der Waals surface area contributed by atoms with Gasteiger partial charge in [-0.1, -0.05) is 39.9 Å². The summed E-state index contributed by atoms with van der Waals surface area (Å²) in [4.78, 5) is 9.78. The van der Waals surface area contributed by atoms with E-state index in [1.807, 2.05) is 21.6 Å². The van der Waals surface area contributed by atoms with E-state index in [9.17, 15) is 4.89 Å². The number of rotatable bonds is 3. The van der Waals surface area contributed by atoms with Crippen LogP contribution in [0.1, 0.15) is 20.8 Å². The van der Waals surface area contributed by atoms with Gasteiger partial charge in [0.1, 0.15) is 0 Å². The fourth-order valence-electron chi connectivity index (χ4n) is 1.26. The van der Waals surface area contributed by atoms with Crippen LogP contribution in [0.2, 0.25) is 0 Å². The average molecular weight is 290 g/mol. The molecule has 0 bridgehead atoms. The van der Waals surface area contributed by atoms with Gasteiger partial charge in [0.25, 0.3) is 0 Å². The van der Waals surface area contributed by atoms with Crippen LogP contribution in [0, 0.1) is 0 Å². The molecule has 14 heavy (non-hydrogen) atoms. The summed E-state index contributed by atoms with van der Waals surface area (Å²) in [5.74, 6) is 0. The normalized spacial score (nSPS) is 35.5. The molecule has 1 aliphatic heterocycles. The molecule has 2 nitrogen and oxygen atoms in total. The summed E-state index contributed by atoms with van der Waals surface area (Å²) in [7, 11) is 5.22. The van der Waals surface area contributed by atoms with Gasteiger partial charge in [0.15, 0.2) is 0 Å². The molecular formula is C7H15O2PS4. The summed E-state index contributed by atoms with van der Waals surface area (Å²) < 4.78 is 5.12. The summed E-state index contributed by atoms with van der Waals surface area (Å²) >= 11 is 6.47. The minimum absolute atomic E-state index is 0.153. The zero-order valence-electron chi connectivity index (χ0n) is 8.59. The first kappa shape index (κ1) is 13.7. The van der Waals surface area contributed by atoms with Crippen molar-refractivity contribution < 1.29 is 9.42 Å². The molecule has 0 radical (unpaired) electrons. The Hall–Kier alpha value is 1.62. The van der Waals surface area contributed by atoms with Crippen molar-refractivity contribution >= 4 is 50.5 Å². The third-order valence-electron chi connectivity index (χ3n) is 2.00. The highest BCUT2D eigenvalue weighted by Gasteiger charge is 2.44. The van der Waals surface area contributed by atoms with Gasteiger partial charge in [0.05, 0.1) is 0 Å². The van der Waals surface area contributed by atoms with E-state index < -0.39 is 5.69 Å².